The Kier molecular flexibility index (Phi) is 7.25. The van der Waals surface area contributed by atoms with E-state index in [9.17, 15) is 0 Å². The Balaban J connectivity index is 1.60. The summed E-state index contributed by atoms with van der Waals surface area (Å²) in [6.07, 6.45) is 2.48. The summed E-state index contributed by atoms with van der Waals surface area (Å²) in [6, 6.07) is 43.1. The van der Waals surface area contributed by atoms with Gasteiger partial charge in [-0.3, -0.25) is 0 Å². The first-order valence-electron chi connectivity index (χ1n) is 14.9. The van der Waals surface area contributed by atoms with E-state index < -0.39 is 0 Å². The van der Waals surface area contributed by atoms with Crippen molar-refractivity contribution in [2.45, 2.75) is 41.5 Å². The highest BCUT2D eigenvalue weighted by atomic mass is 31.1. The van der Waals surface area contributed by atoms with Crippen molar-refractivity contribution in [3.63, 3.8) is 0 Å². The van der Waals surface area contributed by atoms with Crippen molar-refractivity contribution in [2.75, 3.05) is 12.3 Å². The van der Waals surface area contributed by atoms with E-state index in [-0.39, 0.29) is 7.92 Å². The van der Waals surface area contributed by atoms with Crippen LogP contribution in [0.2, 0.25) is 0 Å². The fraction of sp³-hybridized carbons (Fsp3) is 0.250. The van der Waals surface area contributed by atoms with Gasteiger partial charge in [-0.25, -0.2) is 0 Å². The molecule has 0 amide bonds. The molecule has 0 aliphatic rings. The van der Waals surface area contributed by atoms with Crippen LogP contribution in [-0.2, 0) is 0 Å². The molecule has 0 bridgehead atoms. The summed E-state index contributed by atoms with van der Waals surface area (Å²) in [5.74, 6) is 0. The zero-order valence-corrected chi connectivity index (χ0v) is 26.2. The van der Waals surface area contributed by atoms with Gasteiger partial charge >= 0.3 is 0 Å². The molecule has 6 aromatic carbocycles. The van der Waals surface area contributed by atoms with Crippen LogP contribution in [0.5, 0.6) is 0 Å². The highest BCUT2D eigenvalue weighted by Crippen LogP contribution is 2.48. The van der Waals surface area contributed by atoms with Gasteiger partial charge in [0.2, 0.25) is 0 Å². The monoisotopic (exact) mass is 552 g/mol. The molecule has 0 atom stereocenters. The van der Waals surface area contributed by atoms with Crippen molar-refractivity contribution in [3.8, 4) is 22.3 Å². The second-order valence-corrected chi connectivity index (χ2v) is 16.2. The summed E-state index contributed by atoms with van der Waals surface area (Å²) in [6.45, 7) is 14.3. The van der Waals surface area contributed by atoms with Gasteiger partial charge in [-0.2, -0.15) is 0 Å². The Morgan fingerprint density at radius 3 is 1.41 bits per heavy atom. The van der Waals surface area contributed by atoms with E-state index in [1.807, 2.05) is 0 Å². The minimum Gasteiger partial charge on any atom is -0.0742 e. The molecule has 206 valence electrons. The number of hydrogen-bond acceptors (Lipinski definition) is 0. The maximum absolute atomic E-state index is 2.52. The van der Waals surface area contributed by atoms with Crippen LogP contribution < -0.4 is 5.30 Å². The molecule has 0 aromatic heterocycles. The van der Waals surface area contributed by atoms with Crippen LogP contribution in [0.3, 0.4) is 0 Å². The molecular weight excluding hydrogens is 511 g/mol. The molecule has 0 aliphatic heterocycles. The Morgan fingerprint density at radius 2 is 0.902 bits per heavy atom. The molecular formula is C40H41P. The van der Waals surface area contributed by atoms with Crippen LogP contribution in [0.15, 0.2) is 115 Å². The van der Waals surface area contributed by atoms with E-state index in [1.54, 1.807) is 0 Å². The molecule has 0 fully saturated rings. The lowest BCUT2D eigenvalue weighted by atomic mass is 9.85. The van der Waals surface area contributed by atoms with E-state index in [0.29, 0.717) is 10.8 Å². The zero-order chi connectivity index (χ0) is 28.8. The summed E-state index contributed by atoms with van der Waals surface area (Å²) in [7, 11) is -0.284. The third-order valence-corrected chi connectivity index (χ3v) is 11.5. The van der Waals surface area contributed by atoms with Gasteiger partial charge in [-0.1, -0.05) is 153 Å². The number of hydrogen-bond donors (Lipinski definition) is 0. The molecule has 0 unspecified atom stereocenters. The third kappa shape index (κ3) is 5.82. The lowest BCUT2D eigenvalue weighted by Crippen LogP contribution is -2.22. The molecule has 0 spiro atoms. The van der Waals surface area contributed by atoms with E-state index in [0.717, 1.165) is 0 Å². The van der Waals surface area contributed by atoms with Crippen LogP contribution >= 0.6 is 7.92 Å². The van der Waals surface area contributed by atoms with E-state index in [2.05, 4.69) is 157 Å². The molecule has 0 radical (unpaired) electrons. The summed E-state index contributed by atoms with van der Waals surface area (Å²) in [5, 5.41) is 9.35. The van der Waals surface area contributed by atoms with Crippen LogP contribution in [0.4, 0.5) is 0 Å². The maximum Gasteiger partial charge on any atom is -0.00261 e. The molecule has 0 aliphatic carbocycles. The number of fused-ring (bicyclic) bond motifs is 3. The van der Waals surface area contributed by atoms with Crippen LogP contribution in [0.25, 0.3) is 54.6 Å². The number of benzene rings is 6. The number of rotatable bonds is 5. The predicted octanol–water partition coefficient (Wildman–Crippen LogP) is 11.7. The van der Waals surface area contributed by atoms with Gasteiger partial charge in [0.25, 0.3) is 0 Å². The summed E-state index contributed by atoms with van der Waals surface area (Å²) in [5.41, 5.74) is 5.88. The Bertz CT molecular complexity index is 1790. The summed E-state index contributed by atoms with van der Waals surface area (Å²) < 4.78 is 0. The fourth-order valence-corrected chi connectivity index (χ4v) is 9.72. The average molecular weight is 553 g/mol. The molecule has 0 N–H and O–H groups in total. The van der Waals surface area contributed by atoms with Gasteiger partial charge in [0.1, 0.15) is 0 Å². The quantitative estimate of drug-likeness (QED) is 0.147. The Morgan fingerprint density at radius 1 is 0.439 bits per heavy atom. The largest absolute Gasteiger partial charge is 0.0742 e. The van der Waals surface area contributed by atoms with Gasteiger partial charge in [0.05, 0.1) is 0 Å². The minimum atomic E-state index is -0.284. The second kappa shape index (κ2) is 10.7. The van der Waals surface area contributed by atoms with E-state index >= 15 is 0 Å². The normalized spacial score (nSPS) is 12.6. The lowest BCUT2D eigenvalue weighted by molar-refractivity contribution is 0.460. The zero-order valence-electron chi connectivity index (χ0n) is 25.3. The topological polar surface area (TPSA) is 0 Å². The lowest BCUT2D eigenvalue weighted by Gasteiger charge is -2.32. The standard InChI is InChI=1S/C40H41P/c1-39(2,3)26-41(27-40(4,5)6)32-17-13-16-30(25-32)37-33-18-9-11-20-35(33)38(36-21-12-10-19-34(36)37)31-23-22-28-14-7-8-15-29(28)24-31/h7-25H,26-27H2,1-6H3. The van der Waals surface area contributed by atoms with Crippen molar-refractivity contribution >= 4 is 45.5 Å². The molecule has 6 rings (SSSR count). The first kappa shape index (κ1) is 27.7. The predicted molar refractivity (Wildman–Crippen MR) is 185 cm³/mol. The smallest absolute Gasteiger partial charge is 0.00261 e. The molecule has 6 aromatic rings. The maximum atomic E-state index is 2.52. The van der Waals surface area contributed by atoms with Crippen molar-refractivity contribution in [1.29, 1.82) is 0 Å². The Hall–Kier alpha value is -3.47. The molecule has 0 saturated carbocycles. The van der Waals surface area contributed by atoms with Crippen molar-refractivity contribution in [2.24, 2.45) is 10.8 Å². The average Bonchev–Trinajstić information content (AvgIpc) is 2.94. The first-order valence-corrected chi connectivity index (χ1v) is 16.6. The van der Waals surface area contributed by atoms with Crippen molar-refractivity contribution < 1.29 is 0 Å². The van der Waals surface area contributed by atoms with Crippen LogP contribution in [0.1, 0.15) is 41.5 Å². The SMILES string of the molecule is CC(C)(C)CP(CC(C)(C)C)c1cccc(-c2c3ccccc3c(-c3ccc4ccccc4c3)c3ccccc23)c1. The molecule has 0 nitrogen and oxygen atoms in total. The molecule has 0 saturated heterocycles. The Labute approximate surface area is 247 Å². The van der Waals surface area contributed by atoms with E-state index in [4.69, 9.17) is 0 Å². The first-order chi connectivity index (χ1) is 19.6. The molecule has 1 heteroatoms. The van der Waals surface area contributed by atoms with Gasteiger partial charge in [-0.15, -0.1) is 0 Å². The van der Waals surface area contributed by atoms with Crippen molar-refractivity contribution in [1.82, 2.24) is 0 Å². The summed E-state index contributed by atoms with van der Waals surface area (Å²) >= 11 is 0. The second-order valence-electron chi connectivity index (χ2n) is 13.9. The molecule has 0 heterocycles. The van der Waals surface area contributed by atoms with Crippen LogP contribution in [-0.4, -0.2) is 12.3 Å². The van der Waals surface area contributed by atoms with Gasteiger partial charge in [0.15, 0.2) is 0 Å². The van der Waals surface area contributed by atoms with Crippen molar-refractivity contribution in [3.05, 3.63) is 115 Å². The molecule has 41 heavy (non-hydrogen) atoms. The van der Waals surface area contributed by atoms with E-state index in [1.165, 1.54) is 72.2 Å². The highest BCUT2D eigenvalue weighted by molar-refractivity contribution is 7.65. The van der Waals surface area contributed by atoms with Crippen LogP contribution in [0, 0.1) is 10.8 Å². The van der Waals surface area contributed by atoms with Gasteiger partial charge in [-0.05, 0) is 95.2 Å². The highest BCUT2D eigenvalue weighted by Gasteiger charge is 2.25. The van der Waals surface area contributed by atoms with Gasteiger partial charge < -0.3 is 0 Å². The minimum absolute atomic E-state index is 0.284. The third-order valence-electron chi connectivity index (χ3n) is 7.80. The summed E-state index contributed by atoms with van der Waals surface area (Å²) in [4.78, 5) is 0. The fourth-order valence-electron chi connectivity index (χ4n) is 6.34. The van der Waals surface area contributed by atoms with Gasteiger partial charge in [0, 0.05) is 0 Å².